The highest BCUT2D eigenvalue weighted by Crippen LogP contribution is 2.47. The van der Waals surface area contributed by atoms with Gasteiger partial charge in [0.15, 0.2) is 0 Å². The minimum absolute atomic E-state index is 0.0347. The molecule has 0 aromatic heterocycles. The molecule has 2 aliphatic carbocycles. The lowest BCUT2D eigenvalue weighted by molar-refractivity contribution is -0.127. The molecule has 4 N–H and O–H groups in total. The molecule has 220 valence electrons. The van der Waals surface area contributed by atoms with Gasteiger partial charge in [0, 0.05) is 37.5 Å². The standard InChI is InChI=1S/C35H36N4O4/c1-43-35(42)24-9-5-8-23(16-24)26-13-12-25(19-38-33(40)29-17-28(29)21-6-3-2-4-7-21)31-20-39(15-14-27(26)31)34(41)30(18-36)32(37)22-10-11-22/h2-9,12-13,16,18,22,28-29,36H,10-11,14-15,17,19-20,37H2,1H3,(H,38,40). The third kappa shape index (κ3) is 5.82. The highest BCUT2D eigenvalue weighted by atomic mass is 16.5. The first-order chi connectivity index (χ1) is 20.9. The summed E-state index contributed by atoms with van der Waals surface area (Å²) in [4.78, 5) is 40.7. The molecule has 8 nitrogen and oxygen atoms in total. The number of carbonyl (C=O) groups is 3. The Morgan fingerprint density at radius 3 is 2.56 bits per heavy atom. The molecule has 2 saturated carbocycles. The van der Waals surface area contributed by atoms with Crippen LogP contribution in [0.25, 0.3) is 11.1 Å². The van der Waals surface area contributed by atoms with Gasteiger partial charge < -0.3 is 26.1 Å². The molecule has 43 heavy (non-hydrogen) atoms. The second-order valence-corrected chi connectivity index (χ2v) is 11.6. The van der Waals surface area contributed by atoms with Crippen molar-refractivity contribution in [1.82, 2.24) is 10.2 Å². The van der Waals surface area contributed by atoms with Gasteiger partial charge in [-0.2, -0.15) is 0 Å². The molecule has 0 bridgehead atoms. The minimum Gasteiger partial charge on any atom is -0.465 e. The fourth-order valence-electron chi connectivity index (χ4n) is 6.20. The number of methoxy groups -OCH3 is 1. The van der Waals surface area contributed by atoms with Crippen LogP contribution in [0.3, 0.4) is 0 Å². The predicted octanol–water partition coefficient (Wildman–Crippen LogP) is 4.72. The zero-order valence-electron chi connectivity index (χ0n) is 24.3. The van der Waals surface area contributed by atoms with Gasteiger partial charge in [-0.3, -0.25) is 9.59 Å². The Morgan fingerprint density at radius 1 is 1.05 bits per heavy atom. The van der Waals surface area contributed by atoms with Gasteiger partial charge >= 0.3 is 5.97 Å². The van der Waals surface area contributed by atoms with Crippen molar-refractivity contribution in [2.75, 3.05) is 13.7 Å². The molecule has 2 atom stereocenters. The summed E-state index contributed by atoms with van der Waals surface area (Å²) < 4.78 is 4.93. The van der Waals surface area contributed by atoms with E-state index in [1.165, 1.54) is 12.7 Å². The molecule has 2 fully saturated rings. The summed E-state index contributed by atoms with van der Waals surface area (Å²) in [5, 5.41) is 11.1. The number of esters is 1. The van der Waals surface area contributed by atoms with E-state index in [1.54, 1.807) is 11.0 Å². The smallest absolute Gasteiger partial charge is 0.337 e. The van der Waals surface area contributed by atoms with Crippen LogP contribution in [0.1, 0.15) is 57.8 Å². The summed E-state index contributed by atoms with van der Waals surface area (Å²) in [7, 11) is 1.36. The largest absolute Gasteiger partial charge is 0.465 e. The molecule has 2 amide bonds. The monoisotopic (exact) mass is 576 g/mol. The highest BCUT2D eigenvalue weighted by molar-refractivity contribution is 6.12. The van der Waals surface area contributed by atoms with Crippen LogP contribution in [0.15, 0.2) is 78.0 Å². The van der Waals surface area contributed by atoms with E-state index >= 15 is 0 Å². The number of benzene rings is 3. The molecule has 6 rings (SSSR count). The van der Waals surface area contributed by atoms with E-state index in [4.69, 9.17) is 15.9 Å². The molecule has 3 aromatic carbocycles. The van der Waals surface area contributed by atoms with Crippen LogP contribution >= 0.6 is 0 Å². The number of nitrogens with zero attached hydrogens (tertiary/aromatic N) is 1. The fraction of sp³-hybridized carbons (Fsp3) is 0.314. The van der Waals surface area contributed by atoms with Crippen LogP contribution in [0.5, 0.6) is 0 Å². The summed E-state index contributed by atoms with van der Waals surface area (Å²) in [5.74, 6) is -0.216. The second kappa shape index (κ2) is 11.9. The average molecular weight is 577 g/mol. The van der Waals surface area contributed by atoms with Gasteiger partial charge in [0.05, 0.1) is 18.2 Å². The van der Waals surface area contributed by atoms with Gasteiger partial charge in [-0.05, 0) is 83.0 Å². The summed E-state index contributed by atoms with van der Waals surface area (Å²) in [6.07, 6.45) is 4.41. The maximum atomic E-state index is 13.6. The van der Waals surface area contributed by atoms with Crippen LogP contribution < -0.4 is 11.1 Å². The maximum Gasteiger partial charge on any atom is 0.337 e. The number of hydrogen-bond acceptors (Lipinski definition) is 6. The van der Waals surface area contributed by atoms with E-state index in [-0.39, 0.29) is 35.1 Å². The van der Waals surface area contributed by atoms with Crippen molar-refractivity contribution < 1.29 is 19.1 Å². The van der Waals surface area contributed by atoms with E-state index in [1.807, 2.05) is 48.5 Å². The first-order valence-electron chi connectivity index (χ1n) is 14.8. The lowest BCUT2D eigenvalue weighted by Crippen LogP contribution is -2.39. The van der Waals surface area contributed by atoms with Crippen molar-refractivity contribution in [2.45, 2.75) is 44.7 Å². The molecule has 0 radical (unpaired) electrons. The Morgan fingerprint density at radius 2 is 1.84 bits per heavy atom. The van der Waals surface area contributed by atoms with Crippen LogP contribution in [0.2, 0.25) is 0 Å². The molecule has 1 heterocycles. The van der Waals surface area contributed by atoms with E-state index < -0.39 is 5.97 Å². The lowest BCUT2D eigenvalue weighted by Gasteiger charge is -2.32. The summed E-state index contributed by atoms with van der Waals surface area (Å²) >= 11 is 0. The molecule has 2 unspecified atom stereocenters. The minimum atomic E-state index is -0.403. The van der Waals surface area contributed by atoms with Gasteiger partial charge in [-0.1, -0.05) is 54.6 Å². The SMILES string of the molecule is COC(=O)c1cccc(-c2ccc(CNC(=O)C3CC3c3ccccc3)c3c2CCN(C(=O)C(C=N)=C(N)C2CC2)C3)c1. The Labute approximate surface area is 251 Å². The molecule has 3 aliphatic rings. The Kier molecular flexibility index (Phi) is 7.84. The average Bonchev–Trinajstić information content (AvgIpc) is 3.98. The highest BCUT2D eigenvalue weighted by Gasteiger charge is 2.43. The van der Waals surface area contributed by atoms with Gasteiger partial charge in [0.25, 0.3) is 5.91 Å². The van der Waals surface area contributed by atoms with E-state index in [9.17, 15) is 14.4 Å². The van der Waals surface area contributed by atoms with Crippen molar-refractivity contribution in [3.05, 3.63) is 106 Å². The van der Waals surface area contributed by atoms with E-state index in [2.05, 4.69) is 17.4 Å². The normalized spacial score (nSPS) is 19.5. The van der Waals surface area contributed by atoms with Crippen molar-refractivity contribution >= 4 is 24.0 Å². The first kappa shape index (κ1) is 28.4. The van der Waals surface area contributed by atoms with Crippen molar-refractivity contribution in [2.24, 2.45) is 17.6 Å². The fourth-order valence-corrected chi connectivity index (χ4v) is 6.20. The summed E-state index contributed by atoms with van der Waals surface area (Å²) in [6, 6.07) is 21.5. The number of nitrogens with two attached hydrogens (primary N) is 1. The molecule has 1 aliphatic heterocycles. The number of allylic oxidation sites excluding steroid dienone is 1. The van der Waals surface area contributed by atoms with Gasteiger partial charge in [-0.15, -0.1) is 0 Å². The van der Waals surface area contributed by atoms with Gasteiger partial charge in [-0.25, -0.2) is 4.79 Å². The van der Waals surface area contributed by atoms with Crippen molar-refractivity contribution in [3.8, 4) is 11.1 Å². The first-order valence-corrected chi connectivity index (χ1v) is 14.8. The van der Waals surface area contributed by atoms with Crippen LogP contribution in [-0.4, -0.2) is 42.6 Å². The number of ether oxygens (including phenoxy) is 1. The zero-order chi connectivity index (χ0) is 30.1. The number of hydrogen-bond donors (Lipinski definition) is 3. The summed E-state index contributed by atoms with van der Waals surface area (Å²) in [6.45, 7) is 1.16. The topological polar surface area (TPSA) is 126 Å². The number of rotatable bonds is 9. The molecule has 0 spiro atoms. The van der Waals surface area contributed by atoms with Crippen LogP contribution in [-0.2, 0) is 33.8 Å². The molecule has 3 aromatic rings. The summed E-state index contributed by atoms with van der Waals surface area (Å²) in [5.41, 5.74) is 13.6. The maximum absolute atomic E-state index is 13.6. The second-order valence-electron chi connectivity index (χ2n) is 11.6. The quantitative estimate of drug-likeness (QED) is 0.193. The van der Waals surface area contributed by atoms with Crippen LogP contribution in [0, 0.1) is 17.2 Å². The zero-order valence-corrected chi connectivity index (χ0v) is 24.3. The van der Waals surface area contributed by atoms with E-state index in [0.29, 0.717) is 37.3 Å². The van der Waals surface area contributed by atoms with E-state index in [0.717, 1.165) is 53.3 Å². The Balaban J connectivity index is 1.29. The predicted molar refractivity (Wildman–Crippen MR) is 164 cm³/mol. The van der Waals surface area contributed by atoms with Gasteiger partial charge in [0.2, 0.25) is 5.91 Å². The third-order valence-electron chi connectivity index (χ3n) is 8.90. The van der Waals surface area contributed by atoms with Crippen LogP contribution in [0.4, 0.5) is 0 Å². The number of fused-ring (bicyclic) bond motifs is 1. The number of carbonyl (C=O) groups excluding carboxylic acids is 3. The third-order valence-corrected chi connectivity index (χ3v) is 8.90. The molecular formula is C35H36N4O4. The van der Waals surface area contributed by atoms with Crippen molar-refractivity contribution in [1.29, 1.82) is 5.41 Å². The van der Waals surface area contributed by atoms with Crippen molar-refractivity contribution in [3.63, 3.8) is 0 Å². The Hall–Kier alpha value is -4.72. The number of nitrogens with one attached hydrogen (secondary N) is 2. The molecular weight excluding hydrogens is 540 g/mol. The Bertz CT molecular complexity index is 1630. The van der Waals surface area contributed by atoms with Gasteiger partial charge in [0.1, 0.15) is 0 Å². The molecule has 8 heteroatoms. The number of amides is 2. The lowest BCUT2D eigenvalue weighted by atomic mass is 9.87. The molecule has 0 saturated heterocycles.